The zero-order valence-corrected chi connectivity index (χ0v) is 20.0. The Balaban J connectivity index is 1.55. The molecule has 0 saturated carbocycles. The van der Waals surface area contributed by atoms with Crippen LogP contribution in [0.25, 0.3) is 17.2 Å². The number of nitrogens with zero attached hydrogens (tertiary/aromatic N) is 5. The van der Waals surface area contributed by atoms with Gasteiger partial charge in [0, 0.05) is 10.7 Å². The fraction of sp³-hybridized carbons (Fsp3) is 0.304. The van der Waals surface area contributed by atoms with E-state index in [9.17, 15) is 13.2 Å². The third-order valence-electron chi connectivity index (χ3n) is 5.89. The molecule has 1 aliphatic rings. The summed E-state index contributed by atoms with van der Waals surface area (Å²) in [5, 5.41) is 3.21. The van der Waals surface area contributed by atoms with Gasteiger partial charge in [-0.05, 0) is 54.6 Å². The average molecular weight is 534 g/mol. The zero-order valence-electron chi connectivity index (χ0n) is 18.4. The Morgan fingerprint density at radius 1 is 1.21 bits per heavy atom. The van der Waals surface area contributed by atoms with E-state index in [0.717, 1.165) is 23.9 Å². The molecule has 1 aliphatic heterocycles. The molecule has 5 rings (SSSR count). The van der Waals surface area contributed by atoms with E-state index in [4.69, 9.17) is 9.72 Å². The number of halogens is 4. The lowest BCUT2D eigenvalue weighted by Crippen LogP contribution is -2.44. The number of rotatable bonds is 4. The molecule has 1 N–H and O–H groups in total. The summed E-state index contributed by atoms with van der Waals surface area (Å²) in [6.45, 7) is 2.53. The SMILES string of the molecule is COc1nc(-c2nc3[n+]([nH]2)CCC[C@H]3c2ccc(Br)cc2C(F)(F)F)ccc1-n1cnc(C)c1. The molecule has 4 heterocycles. The molecule has 176 valence electrons. The van der Waals surface area contributed by atoms with Crippen molar-refractivity contribution in [3.8, 4) is 23.1 Å². The van der Waals surface area contributed by atoms with Gasteiger partial charge < -0.3 is 9.30 Å². The summed E-state index contributed by atoms with van der Waals surface area (Å²) in [6.07, 6.45) is 0.382. The molecular formula is C23H21BrF3N6O+. The minimum absolute atomic E-state index is 0.221. The Hall–Kier alpha value is -3.21. The second-order valence-electron chi connectivity index (χ2n) is 8.15. The largest absolute Gasteiger partial charge is 0.479 e. The summed E-state index contributed by atoms with van der Waals surface area (Å²) in [5.41, 5.74) is 1.69. The van der Waals surface area contributed by atoms with Crippen molar-refractivity contribution < 1.29 is 22.6 Å². The molecule has 4 aromatic rings. The molecule has 1 aromatic carbocycles. The van der Waals surface area contributed by atoms with Gasteiger partial charge in [-0.2, -0.15) is 23.0 Å². The monoisotopic (exact) mass is 533 g/mol. The van der Waals surface area contributed by atoms with Crippen LogP contribution in [0, 0.1) is 6.92 Å². The summed E-state index contributed by atoms with van der Waals surface area (Å²) in [5.74, 6) is 0.931. The number of alkyl halides is 3. The Morgan fingerprint density at radius 2 is 2.03 bits per heavy atom. The topological polar surface area (TPSA) is 72.5 Å². The predicted octanol–water partition coefficient (Wildman–Crippen LogP) is 4.97. The molecule has 0 aliphatic carbocycles. The van der Waals surface area contributed by atoms with Crippen molar-refractivity contribution >= 4 is 15.9 Å². The molecule has 0 amide bonds. The van der Waals surface area contributed by atoms with Gasteiger partial charge in [-0.15, -0.1) is 0 Å². The van der Waals surface area contributed by atoms with Gasteiger partial charge in [0.1, 0.15) is 17.9 Å². The molecule has 0 radical (unpaired) electrons. The van der Waals surface area contributed by atoms with Gasteiger partial charge >= 0.3 is 17.8 Å². The Bertz CT molecular complexity index is 1360. The van der Waals surface area contributed by atoms with Gasteiger partial charge in [-0.25, -0.2) is 9.97 Å². The molecule has 0 saturated heterocycles. The highest BCUT2D eigenvalue weighted by Crippen LogP contribution is 2.40. The summed E-state index contributed by atoms with van der Waals surface area (Å²) in [6, 6.07) is 7.95. The summed E-state index contributed by atoms with van der Waals surface area (Å²) in [7, 11) is 1.53. The minimum Gasteiger partial charge on any atom is -0.479 e. The van der Waals surface area contributed by atoms with Crippen molar-refractivity contribution in [1.82, 2.24) is 24.6 Å². The van der Waals surface area contributed by atoms with Crippen molar-refractivity contribution in [3.63, 3.8) is 0 Å². The highest BCUT2D eigenvalue weighted by Gasteiger charge is 2.41. The zero-order chi connectivity index (χ0) is 24.0. The van der Waals surface area contributed by atoms with Crippen molar-refractivity contribution in [3.05, 3.63) is 70.0 Å². The Morgan fingerprint density at radius 3 is 2.74 bits per heavy atom. The van der Waals surface area contributed by atoms with E-state index in [-0.39, 0.29) is 5.56 Å². The van der Waals surface area contributed by atoms with E-state index < -0.39 is 17.7 Å². The fourth-order valence-electron chi connectivity index (χ4n) is 4.36. The molecular weight excluding hydrogens is 513 g/mol. The predicted molar refractivity (Wildman–Crippen MR) is 121 cm³/mol. The quantitative estimate of drug-likeness (QED) is 0.376. The first-order chi connectivity index (χ1) is 16.2. The summed E-state index contributed by atoms with van der Waals surface area (Å²) in [4.78, 5) is 13.5. The second-order valence-corrected chi connectivity index (χ2v) is 9.07. The first kappa shape index (κ1) is 22.6. The molecule has 34 heavy (non-hydrogen) atoms. The van der Waals surface area contributed by atoms with Gasteiger partial charge in [0.15, 0.2) is 0 Å². The van der Waals surface area contributed by atoms with E-state index in [1.54, 1.807) is 18.5 Å². The minimum atomic E-state index is -4.46. The molecule has 11 heteroatoms. The lowest BCUT2D eigenvalue weighted by atomic mass is 9.87. The lowest BCUT2D eigenvalue weighted by molar-refractivity contribution is -0.762. The number of imidazole rings is 1. The van der Waals surface area contributed by atoms with Crippen LogP contribution in [-0.2, 0) is 12.7 Å². The normalized spacial score (nSPS) is 15.9. The summed E-state index contributed by atoms with van der Waals surface area (Å²) >= 11 is 3.16. The van der Waals surface area contributed by atoms with Crippen molar-refractivity contribution in [1.29, 1.82) is 0 Å². The van der Waals surface area contributed by atoms with Crippen LogP contribution in [-0.4, -0.2) is 31.7 Å². The fourth-order valence-corrected chi connectivity index (χ4v) is 4.72. The van der Waals surface area contributed by atoms with E-state index in [2.05, 4.69) is 31.0 Å². The molecule has 0 fully saturated rings. The van der Waals surface area contributed by atoms with Crippen molar-refractivity contribution in [2.24, 2.45) is 0 Å². The van der Waals surface area contributed by atoms with Crippen LogP contribution in [0.2, 0.25) is 0 Å². The number of ether oxygens (including phenoxy) is 1. The number of hydrogen-bond acceptors (Lipinski definition) is 4. The first-order valence-electron chi connectivity index (χ1n) is 10.7. The maximum atomic E-state index is 13.8. The van der Waals surface area contributed by atoms with E-state index in [1.807, 2.05) is 28.4 Å². The Labute approximate surface area is 201 Å². The van der Waals surface area contributed by atoms with Gasteiger partial charge in [-0.1, -0.05) is 22.0 Å². The van der Waals surface area contributed by atoms with Crippen molar-refractivity contribution in [2.75, 3.05) is 7.11 Å². The second kappa shape index (κ2) is 8.53. The highest BCUT2D eigenvalue weighted by atomic mass is 79.9. The molecule has 0 spiro atoms. The van der Waals surface area contributed by atoms with Gasteiger partial charge in [0.2, 0.25) is 5.88 Å². The third kappa shape index (κ3) is 4.08. The average Bonchev–Trinajstić information content (AvgIpc) is 3.44. The third-order valence-corrected chi connectivity index (χ3v) is 6.39. The number of hydrogen-bond donors (Lipinski definition) is 1. The number of nitrogens with one attached hydrogen (secondary N) is 1. The number of aromatic nitrogens is 6. The van der Waals surface area contributed by atoms with Crippen LogP contribution in [0.1, 0.15) is 41.4 Å². The van der Waals surface area contributed by atoms with Crippen LogP contribution in [0.4, 0.5) is 13.2 Å². The Kier molecular flexibility index (Phi) is 5.67. The molecule has 3 aromatic heterocycles. The standard InChI is InChI=1S/C23H20BrF3N6O/c1-13-11-32(12-28-13)19-8-7-18(29-22(19)34-2)20-30-21-16(4-3-9-33(21)31-20)15-6-5-14(24)10-17(15)23(25,26)27/h5-8,10-12,16H,3-4,9H2,1-2H3/p+1/t16-/m0/s1. The molecule has 1 atom stereocenters. The van der Waals surface area contributed by atoms with Crippen LogP contribution >= 0.6 is 15.9 Å². The van der Waals surface area contributed by atoms with E-state index >= 15 is 0 Å². The number of aryl methyl sites for hydroxylation is 2. The molecule has 7 nitrogen and oxygen atoms in total. The number of H-pyrrole nitrogens is 1. The van der Waals surface area contributed by atoms with Gasteiger partial charge in [0.05, 0.1) is 30.6 Å². The maximum absolute atomic E-state index is 13.8. The smallest absolute Gasteiger partial charge is 0.416 e. The van der Waals surface area contributed by atoms with Gasteiger partial charge in [-0.3, -0.25) is 0 Å². The lowest BCUT2D eigenvalue weighted by Gasteiger charge is -2.21. The van der Waals surface area contributed by atoms with Crippen LogP contribution in [0.5, 0.6) is 5.88 Å². The molecule has 0 unspecified atom stereocenters. The van der Waals surface area contributed by atoms with Crippen LogP contribution < -0.4 is 9.42 Å². The first-order valence-corrected chi connectivity index (χ1v) is 11.5. The number of pyridine rings is 1. The van der Waals surface area contributed by atoms with Crippen molar-refractivity contribution in [2.45, 2.75) is 38.4 Å². The van der Waals surface area contributed by atoms with E-state index in [1.165, 1.54) is 13.2 Å². The summed E-state index contributed by atoms with van der Waals surface area (Å²) < 4.78 is 50.9. The number of fused-ring (bicyclic) bond motifs is 1. The number of aromatic amines is 1. The highest BCUT2D eigenvalue weighted by molar-refractivity contribution is 9.10. The maximum Gasteiger partial charge on any atom is 0.416 e. The van der Waals surface area contributed by atoms with E-state index in [0.29, 0.717) is 40.7 Å². The molecule has 0 bridgehead atoms. The van der Waals surface area contributed by atoms with Crippen LogP contribution in [0.15, 0.2) is 47.3 Å². The number of methoxy groups -OCH3 is 1. The van der Waals surface area contributed by atoms with Gasteiger partial charge in [0.25, 0.3) is 0 Å². The number of benzene rings is 1. The van der Waals surface area contributed by atoms with Crippen LogP contribution in [0.3, 0.4) is 0 Å².